The molecule has 0 fully saturated rings. The van der Waals surface area contributed by atoms with E-state index >= 15 is 0 Å². The fraction of sp³-hybridized carbons (Fsp3) is 0.0714. The van der Waals surface area contributed by atoms with Gasteiger partial charge in [-0.2, -0.15) is 4.31 Å². The lowest BCUT2D eigenvalue weighted by Gasteiger charge is -2.38. The van der Waals surface area contributed by atoms with Crippen molar-refractivity contribution in [3.8, 4) is 0 Å². The lowest BCUT2D eigenvalue weighted by Crippen LogP contribution is -2.42. The minimum Gasteiger partial charge on any atom is -0.364 e. The molecule has 6 rings (SSSR count). The number of nitrogens with one attached hydrogen (secondary N) is 1. The van der Waals surface area contributed by atoms with Gasteiger partial charge in [0, 0.05) is 12.1 Å². The molecule has 1 aliphatic heterocycles. The fourth-order valence-electron chi connectivity index (χ4n) is 4.79. The highest BCUT2D eigenvalue weighted by atomic mass is 32.2. The molecule has 1 heterocycles. The van der Waals surface area contributed by atoms with E-state index in [4.69, 9.17) is 0 Å². The van der Waals surface area contributed by atoms with Gasteiger partial charge in [-0.3, -0.25) is 0 Å². The molecule has 0 bridgehead atoms. The molecule has 0 saturated heterocycles. The van der Waals surface area contributed by atoms with Crippen molar-refractivity contribution in [3.05, 3.63) is 120 Å². The fourth-order valence-corrected chi connectivity index (χ4v) is 6.46. The minimum absolute atomic E-state index is 0.271. The Morgan fingerprint density at radius 1 is 0.697 bits per heavy atom. The van der Waals surface area contributed by atoms with Crippen molar-refractivity contribution >= 4 is 37.3 Å². The SMILES string of the molecule is O=S1(=O)c2ccccc2N[C@H](c2c3ccccc3cc3ccccc23)N1Cc1ccccc1. The van der Waals surface area contributed by atoms with Crippen LogP contribution in [-0.2, 0) is 16.6 Å². The van der Waals surface area contributed by atoms with Gasteiger partial charge in [-0.1, -0.05) is 91.0 Å². The van der Waals surface area contributed by atoms with Crippen LogP contribution in [0.5, 0.6) is 0 Å². The van der Waals surface area contributed by atoms with E-state index in [-0.39, 0.29) is 6.54 Å². The van der Waals surface area contributed by atoms with Gasteiger partial charge in [-0.15, -0.1) is 0 Å². The zero-order chi connectivity index (χ0) is 22.4. The van der Waals surface area contributed by atoms with Gasteiger partial charge in [0.1, 0.15) is 11.1 Å². The molecular formula is C28H22N2O2S. The molecule has 0 amide bonds. The summed E-state index contributed by atoms with van der Waals surface area (Å²) in [6.07, 6.45) is -0.555. The topological polar surface area (TPSA) is 49.4 Å². The van der Waals surface area contributed by atoms with Gasteiger partial charge in [-0.05, 0) is 45.3 Å². The van der Waals surface area contributed by atoms with E-state index in [1.54, 1.807) is 16.4 Å². The first-order valence-electron chi connectivity index (χ1n) is 10.9. The summed E-state index contributed by atoms with van der Waals surface area (Å²) in [6.45, 7) is 0.271. The molecular weight excluding hydrogens is 428 g/mol. The summed E-state index contributed by atoms with van der Waals surface area (Å²) in [6, 6.07) is 35.4. The van der Waals surface area contributed by atoms with Gasteiger partial charge in [0.15, 0.2) is 0 Å². The Morgan fingerprint density at radius 3 is 1.97 bits per heavy atom. The average molecular weight is 451 g/mol. The molecule has 5 aromatic rings. The summed E-state index contributed by atoms with van der Waals surface area (Å²) in [5.41, 5.74) is 2.54. The molecule has 33 heavy (non-hydrogen) atoms. The number of hydrogen-bond acceptors (Lipinski definition) is 3. The van der Waals surface area contributed by atoms with E-state index in [0.717, 1.165) is 32.7 Å². The van der Waals surface area contributed by atoms with Crippen molar-refractivity contribution in [2.24, 2.45) is 0 Å². The number of nitrogens with zero attached hydrogens (tertiary/aromatic N) is 1. The van der Waals surface area contributed by atoms with Gasteiger partial charge in [-0.25, -0.2) is 8.42 Å². The lowest BCUT2D eigenvalue weighted by atomic mass is 9.94. The standard InChI is InChI=1S/C28H22N2O2S/c31-33(32)26-17-9-8-16-25(26)29-28(30(33)19-20-10-2-1-3-11-20)27-23-14-6-4-12-21(23)18-22-13-5-7-15-24(22)27/h1-18,28-29H,19H2/t28-/m0/s1. The van der Waals surface area contributed by atoms with Gasteiger partial charge in [0.2, 0.25) is 10.0 Å². The van der Waals surface area contributed by atoms with Crippen LogP contribution < -0.4 is 5.32 Å². The van der Waals surface area contributed by atoms with E-state index in [9.17, 15) is 8.42 Å². The molecule has 5 aromatic carbocycles. The largest absolute Gasteiger partial charge is 0.364 e. The maximum absolute atomic E-state index is 14.0. The van der Waals surface area contributed by atoms with Crippen LogP contribution >= 0.6 is 0 Å². The molecule has 0 saturated carbocycles. The summed E-state index contributed by atoms with van der Waals surface area (Å²) in [4.78, 5) is 0.307. The third kappa shape index (κ3) is 3.28. The second-order valence-corrected chi connectivity index (χ2v) is 10.2. The Morgan fingerprint density at radius 2 is 1.27 bits per heavy atom. The van der Waals surface area contributed by atoms with Crippen LogP contribution in [0, 0.1) is 0 Å². The molecule has 162 valence electrons. The van der Waals surface area contributed by atoms with Crippen LogP contribution in [0.25, 0.3) is 21.5 Å². The monoisotopic (exact) mass is 450 g/mol. The van der Waals surface area contributed by atoms with Gasteiger partial charge >= 0.3 is 0 Å². The quantitative estimate of drug-likeness (QED) is 0.328. The van der Waals surface area contributed by atoms with E-state index in [2.05, 4.69) is 35.6 Å². The highest BCUT2D eigenvalue weighted by Crippen LogP contribution is 2.43. The molecule has 1 atom stereocenters. The Bertz CT molecular complexity index is 1540. The van der Waals surface area contributed by atoms with Gasteiger partial charge < -0.3 is 5.32 Å². The molecule has 0 spiro atoms. The average Bonchev–Trinajstić information content (AvgIpc) is 2.85. The van der Waals surface area contributed by atoms with Crippen LogP contribution in [0.3, 0.4) is 0 Å². The number of para-hydroxylation sites is 1. The zero-order valence-corrected chi connectivity index (χ0v) is 18.7. The zero-order valence-electron chi connectivity index (χ0n) is 17.8. The van der Waals surface area contributed by atoms with Crippen LogP contribution in [0.4, 0.5) is 5.69 Å². The summed E-state index contributed by atoms with van der Waals surface area (Å²) in [5.74, 6) is 0. The second-order valence-electron chi connectivity index (χ2n) is 8.31. The maximum atomic E-state index is 14.0. The predicted octanol–water partition coefficient (Wildman–Crippen LogP) is 6.31. The summed E-state index contributed by atoms with van der Waals surface area (Å²) < 4.78 is 29.5. The Hall–Kier alpha value is -3.67. The number of rotatable bonds is 3. The van der Waals surface area contributed by atoms with Crippen LogP contribution in [0.15, 0.2) is 114 Å². The van der Waals surface area contributed by atoms with Crippen molar-refractivity contribution < 1.29 is 8.42 Å². The van der Waals surface area contributed by atoms with E-state index < -0.39 is 16.2 Å². The third-order valence-electron chi connectivity index (χ3n) is 6.32. The van der Waals surface area contributed by atoms with E-state index in [0.29, 0.717) is 10.6 Å². The van der Waals surface area contributed by atoms with Gasteiger partial charge in [0.25, 0.3) is 0 Å². The predicted molar refractivity (Wildman–Crippen MR) is 133 cm³/mol. The smallest absolute Gasteiger partial charge is 0.247 e. The van der Waals surface area contributed by atoms with Crippen molar-refractivity contribution in [2.75, 3.05) is 5.32 Å². The summed E-state index contributed by atoms with van der Waals surface area (Å²) in [7, 11) is -3.74. The van der Waals surface area contributed by atoms with Gasteiger partial charge in [0.05, 0.1) is 5.69 Å². The van der Waals surface area contributed by atoms with E-state index in [1.165, 1.54) is 0 Å². The Kier molecular flexibility index (Phi) is 4.68. The minimum atomic E-state index is -3.74. The van der Waals surface area contributed by atoms with E-state index in [1.807, 2.05) is 66.7 Å². The number of fused-ring (bicyclic) bond motifs is 3. The van der Waals surface area contributed by atoms with Crippen molar-refractivity contribution in [3.63, 3.8) is 0 Å². The molecule has 0 aromatic heterocycles. The molecule has 0 radical (unpaired) electrons. The first-order chi connectivity index (χ1) is 16.1. The highest BCUT2D eigenvalue weighted by Gasteiger charge is 2.40. The number of sulfonamides is 1. The molecule has 1 N–H and O–H groups in total. The first-order valence-corrected chi connectivity index (χ1v) is 12.4. The number of hydrogen-bond donors (Lipinski definition) is 1. The van der Waals surface area contributed by atoms with Crippen molar-refractivity contribution in [1.82, 2.24) is 4.31 Å². The Labute approximate surface area is 193 Å². The maximum Gasteiger partial charge on any atom is 0.247 e. The molecule has 0 aliphatic carbocycles. The van der Waals surface area contributed by atoms with Crippen LogP contribution in [0.2, 0.25) is 0 Å². The number of benzene rings is 5. The highest BCUT2D eigenvalue weighted by molar-refractivity contribution is 7.89. The molecule has 4 nitrogen and oxygen atoms in total. The van der Waals surface area contributed by atoms with Crippen LogP contribution in [0.1, 0.15) is 17.3 Å². The van der Waals surface area contributed by atoms with Crippen LogP contribution in [-0.4, -0.2) is 12.7 Å². The summed E-state index contributed by atoms with van der Waals surface area (Å²) >= 11 is 0. The van der Waals surface area contributed by atoms with Crippen molar-refractivity contribution in [1.29, 1.82) is 0 Å². The molecule has 5 heteroatoms. The molecule has 1 aliphatic rings. The van der Waals surface area contributed by atoms with Crippen molar-refractivity contribution in [2.45, 2.75) is 17.6 Å². The second kappa shape index (κ2) is 7.73. The lowest BCUT2D eigenvalue weighted by molar-refractivity contribution is 0.339. The third-order valence-corrected chi connectivity index (χ3v) is 8.19. The number of anilines is 1. The first kappa shape index (κ1) is 20.0. The molecule has 0 unspecified atom stereocenters. The summed E-state index contributed by atoms with van der Waals surface area (Å²) in [5, 5.41) is 7.83. The Balaban J connectivity index is 1.65. The normalized spacial score (nSPS) is 17.5.